The van der Waals surface area contributed by atoms with E-state index in [1.807, 2.05) is 0 Å². The average molecular weight is 218 g/mol. The molecule has 0 bridgehead atoms. The van der Waals surface area contributed by atoms with Gasteiger partial charge in [0.2, 0.25) is 0 Å². The number of nitrogens with zero attached hydrogens (tertiary/aromatic N) is 1. The summed E-state index contributed by atoms with van der Waals surface area (Å²) in [6, 6.07) is 5.01. The first-order valence-electron chi connectivity index (χ1n) is 3.95. The summed E-state index contributed by atoms with van der Waals surface area (Å²) in [5.41, 5.74) is 1.45. The van der Waals surface area contributed by atoms with E-state index >= 15 is 0 Å². The second-order valence-corrected chi connectivity index (χ2v) is 3.02. The third-order valence-corrected chi connectivity index (χ3v) is 2.14. The predicted octanol–water partition coefficient (Wildman–Crippen LogP) is 3.50. The zero-order chi connectivity index (χ0) is 10.1. The van der Waals surface area contributed by atoms with E-state index in [-0.39, 0.29) is 5.88 Å². The van der Waals surface area contributed by atoms with Gasteiger partial charge in [0, 0.05) is 5.88 Å². The Morgan fingerprint density at radius 3 is 2.86 bits per heavy atom. The molecule has 0 aliphatic carbocycles. The van der Waals surface area contributed by atoms with Crippen molar-refractivity contribution in [3.8, 4) is 0 Å². The molecular formula is C9H6ClF2NO. The van der Waals surface area contributed by atoms with Gasteiger partial charge in [-0.25, -0.2) is 4.98 Å². The fraction of sp³-hybridized carbons (Fsp3) is 0.222. The Kier molecular flexibility index (Phi) is 2.37. The molecule has 0 radical (unpaired) electrons. The van der Waals surface area contributed by atoms with Crippen LogP contribution in [0.2, 0.25) is 0 Å². The molecule has 2 rings (SSSR count). The van der Waals surface area contributed by atoms with Gasteiger partial charge in [0.25, 0.3) is 5.89 Å². The first-order valence-corrected chi connectivity index (χ1v) is 4.48. The molecule has 0 saturated heterocycles. The van der Waals surface area contributed by atoms with Crippen LogP contribution in [0.5, 0.6) is 0 Å². The lowest BCUT2D eigenvalue weighted by atomic mass is 10.2. The van der Waals surface area contributed by atoms with Crippen LogP contribution in [-0.4, -0.2) is 4.98 Å². The summed E-state index contributed by atoms with van der Waals surface area (Å²) in [4.78, 5) is 3.68. The monoisotopic (exact) mass is 217 g/mol. The maximum atomic E-state index is 12.3. The van der Waals surface area contributed by atoms with Gasteiger partial charge in [-0.2, -0.15) is 8.78 Å². The van der Waals surface area contributed by atoms with Crippen LogP contribution < -0.4 is 0 Å². The van der Waals surface area contributed by atoms with Crippen molar-refractivity contribution in [2.24, 2.45) is 0 Å². The summed E-state index contributed by atoms with van der Waals surface area (Å²) in [6.07, 6.45) is -2.69. The Morgan fingerprint density at radius 1 is 1.43 bits per heavy atom. The fourth-order valence-electron chi connectivity index (χ4n) is 1.22. The zero-order valence-corrected chi connectivity index (χ0v) is 7.76. The Hall–Kier alpha value is -1.16. The largest absolute Gasteiger partial charge is 0.435 e. The van der Waals surface area contributed by atoms with Crippen molar-refractivity contribution in [2.75, 3.05) is 0 Å². The van der Waals surface area contributed by atoms with Gasteiger partial charge >= 0.3 is 6.43 Å². The molecule has 1 aromatic carbocycles. The summed E-state index contributed by atoms with van der Waals surface area (Å²) in [5, 5.41) is 0. The zero-order valence-electron chi connectivity index (χ0n) is 7.01. The first kappa shape index (κ1) is 9.40. The Morgan fingerprint density at radius 2 is 2.21 bits per heavy atom. The Bertz CT molecular complexity index is 455. The van der Waals surface area contributed by atoms with Crippen LogP contribution in [0.3, 0.4) is 0 Å². The van der Waals surface area contributed by atoms with Gasteiger partial charge < -0.3 is 4.42 Å². The van der Waals surface area contributed by atoms with Gasteiger partial charge in [0.15, 0.2) is 5.58 Å². The Labute approximate surface area is 83.5 Å². The van der Waals surface area contributed by atoms with E-state index in [9.17, 15) is 8.78 Å². The summed E-state index contributed by atoms with van der Waals surface area (Å²) in [7, 11) is 0. The van der Waals surface area contributed by atoms with Crippen LogP contribution in [0.4, 0.5) is 8.78 Å². The van der Waals surface area contributed by atoms with E-state index in [1.165, 1.54) is 0 Å². The van der Waals surface area contributed by atoms with Crippen molar-refractivity contribution in [1.82, 2.24) is 4.98 Å². The third kappa shape index (κ3) is 1.46. The standard InChI is InChI=1S/C9H6ClF2NO/c10-4-5-2-1-3-6-7(5)13-9(14-6)8(11)12/h1-3,8H,4H2. The number of para-hydroxylation sites is 1. The lowest BCUT2D eigenvalue weighted by Crippen LogP contribution is -1.83. The molecule has 0 aliphatic rings. The highest BCUT2D eigenvalue weighted by Crippen LogP contribution is 2.26. The molecule has 74 valence electrons. The molecule has 0 unspecified atom stereocenters. The molecule has 5 heteroatoms. The van der Waals surface area contributed by atoms with E-state index < -0.39 is 12.3 Å². The number of halogens is 3. The number of hydrogen-bond donors (Lipinski definition) is 0. The fourth-order valence-corrected chi connectivity index (χ4v) is 1.44. The SMILES string of the molecule is FC(F)c1nc2c(CCl)cccc2o1. The number of benzene rings is 1. The molecule has 14 heavy (non-hydrogen) atoms. The van der Waals surface area contributed by atoms with Crippen molar-refractivity contribution in [1.29, 1.82) is 0 Å². The Balaban J connectivity index is 2.64. The van der Waals surface area contributed by atoms with Crippen LogP contribution in [0.1, 0.15) is 17.9 Å². The highest BCUT2D eigenvalue weighted by molar-refractivity contribution is 6.17. The maximum absolute atomic E-state index is 12.3. The summed E-state index contributed by atoms with van der Waals surface area (Å²) in [6.45, 7) is 0. The molecule has 2 nitrogen and oxygen atoms in total. The quantitative estimate of drug-likeness (QED) is 0.720. The van der Waals surface area contributed by atoms with Crippen LogP contribution in [0.15, 0.2) is 22.6 Å². The van der Waals surface area contributed by atoms with E-state index in [0.29, 0.717) is 16.7 Å². The molecule has 2 aromatic rings. The smallest absolute Gasteiger partial charge is 0.313 e. The molecule has 0 amide bonds. The van der Waals surface area contributed by atoms with Crippen molar-refractivity contribution < 1.29 is 13.2 Å². The molecule has 0 aliphatic heterocycles. The number of aromatic nitrogens is 1. The van der Waals surface area contributed by atoms with Crippen molar-refractivity contribution in [3.63, 3.8) is 0 Å². The van der Waals surface area contributed by atoms with Crippen LogP contribution in [0.25, 0.3) is 11.1 Å². The van der Waals surface area contributed by atoms with Gasteiger partial charge in [-0.15, -0.1) is 11.6 Å². The predicted molar refractivity (Wildman–Crippen MR) is 48.5 cm³/mol. The number of hydrogen-bond acceptors (Lipinski definition) is 2. The van der Waals surface area contributed by atoms with E-state index in [0.717, 1.165) is 0 Å². The highest BCUT2D eigenvalue weighted by atomic mass is 35.5. The second kappa shape index (κ2) is 3.53. The number of alkyl halides is 3. The van der Waals surface area contributed by atoms with Crippen LogP contribution in [0, 0.1) is 0 Å². The lowest BCUT2D eigenvalue weighted by Gasteiger charge is -1.92. The minimum atomic E-state index is -2.69. The van der Waals surface area contributed by atoms with Gasteiger partial charge in [-0.1, -0.05) is 12.1 Å². The van der Waals surface area contributed by atoms with Crippen molar-refractivity contribution in [2.45, 2.75) is 12.3 Å². The van der Waals surface area contributed by atoms with Gasteiger partial charge in [0.05, 0.1) is 0 Å². The molecule has 0 N–H and O–H groups in total. The first-order chi connectivity index (χ1) is 6.72. The number of oxazole rings is 1. The summed E-state index contributed by atoms with van der Waals surface area (Å²) in [5.74, 6) is -0.329. The van der Waals surface area contributed by atoms with Crippen molar-refractivity contribution in [3.05, 3.63) is 29.7 Å². The third-order valence-electron chi connectivity index (χ3n) is 1.85. The molecule has 0 atom stereocenters. The highest BCUT2D eigenvalue weighted by Gasteiger charge is 2.16. The maximum Gasteiger partial charge on any atom is 0.313 e. The van der Waals surface area contributed by atoms with Gasteiger partial charge in [-0.05, 0) is 11.6 Å². The van der Waals surface area contributed by atoms with E-state index in [2.05, 4.69) is 4.98 Å². The molecule has 1 heterocycles. The van der Waals surface area contributed by atoms with Gasteiger partial charge in [-0.3, -0.25) is 0 Å². The molecular weight excluding hydrogens is 212 g/mol. The molecule has 0 saturated carbocycles. The number of rotatable bonds is 2. The second-order valence-electron chi connectivity index (χ2n) is 2.75. The van der Waals surface area contributed by atoms with Gasteiger partial charge in [0.1, 0.15) is 5.52 Å². The molecule has 0 spiro atoms. The lowest BCUT2D eigenvalue weighted by molar-refractivity contribution is 0.117. The topological polar surface area (TPSA) is 26.0 Å². The summed E-state index contributed by atoms with van der Waals surface area (Å²) >= 11 is 5.63. The van der Waals surface area contributed by atoms with Crippen LogP contribution in [-0.2, 0) is 5.88 Å². The molecule has 1 aromatic heterocycles. The minimum Gasteiger partial charge on any atom is -0.435 e. The summed E-state index contributed by atoms with van der Waals surface area (Å²) < 4.78 is 29.4. The van der Waals surface area contributed by atoms with E-state index in [4.69, 9.17) is 16.0 Å². The van der Waals surface area contributed by atoms with Crippen LogP contribution >= 0.6 is 11.6 Å². The number of fused-ring (bicyclic) bond motifs is 1. The van der Waals surface area contributed by atoms with Crippen molar-refractivity contribution >= 4 is 22.7 Å². The minimum absolute atomic E-state index is 0.229. The van der Waals surface area contributed by atoms with E-state index in [1.54, 1.807) is 18.2 Å². The normalized spacial score (nSPS) is 11.4. The average Bonchev–Trinajstić information content (AvgIpc) is 2.60. The molecule has 0 fully saturated rings.